The normalized spacial score (nSPS) is 13.7. The highest BCUT2D eigenvalue weighted by Crippen LogP contribution is 2.22. The van der Waals surface area contributed by atoms with Crippen LogP contribution in [0.1, 0.15) is 18.1 Å². The van der Waals surface area contributed by atoms with Crippen molar-refractivity contribution in [1.82, 2.24) is 0 Å². The van der Waals surface area contributed by atoms with E-state index < -0.39 is 5.60 Å². The minimum Gasteiger partial charge on any atom is -0.384 e. The number of anilines is 1. The average molecular weight is 285 g/mol. The lowest BCUT2D eigenvalue weighted by molar-refractivity contribution is 0.0715. The number of para-hydroxylation sites is 1. The van der Waals surface area contributed by atoms with Crippen LogP contribution < -0.4 is 5.32 Å². The Kier molecular flexibility index (Phi) is 5.37. The maximum atomic E-state index is 10.6. The van der Waals surface area contributed by atoms with Crippen LogP contribution in [-0.4, -0.2) is 25.4 Å². The number of hydrogen-bond donors (Lipinski definition) is 2. The molecular formula is C18H23NO2. The average Bonchev–Trinajstić information content (AvgIpc) is 2.52. The topological polar surface area (TPSA) is 41.5 Å². The number of nitrogens with one attached hydrogen (secondary N) is 1. The zero-order chi connectivity index (χ0) is 15.1. The van der Waals surface area contributed by atoms with Gasteiger partial charge in [0.15, 0.2) is 0 Å². The van der Waals surface area contributed by atoms with Crippen LogP contribution in [-0.2, 0) is 16.8 Å². The Hall–Kier alpha value is -1.84. The first-order valence-corrected chi connectivity index (χ1v) is 7.22. The standard InChI is InChI=1S/C18H23NO2/c1-18(20,16-9-4-3-5-10-16)14-19-17-11-7-6-8-15(17)12-13-21-2/h3-11,19-20H,12-14H2,1-2H3. The molecule has 0 heterocycles. The lowest BCUT2D eigenvalue weighted by Crippen LogP contribution is -2.30. The second kappa shape index (κ2) is 7.25. The predicted molar refractivity (Wildman–Crippen MR) is 86.5 cm³/mol. The van der Waals surface area contributed by atoms with E-state index in [1.54, 1.807) is 7.11 Å². The van der Waals surface area contributed by atoms with Crippen molar-refractivity contribution in [2.24, 2.45) is 0 Å². The largest absolute Gasteiger partial charge is 0.384 e. The van der Waals surface area contributed by atoms with Crippen LogP contribution in [0.4, 0.5) is 5.69 Å². The summed E-state index contributed by atoms with van der Waals surface area (Å²) in [5.41, 5.74) is 2.25. The maximum Gasteiger partial charge on any atom is 0.104 e. The van der Waals surface area contributed by atoms with Gasteiger partial charge in [0.2, 0.25) is 0 Å². The molecule has 2 rings (SSSR count). The Bertz CT molecular complexity index is 552. The van der Waals surface area contributed by atoms with Crippen LogP contribution in [0.25, 0.3) is 0 Å². The van der Waals surface area contributed by atoms with Crippen molar-refractivity contribution in [3.63, 3.8) is 0 Å². The summed E-state index contributed by atoms with van der Waals surface area (Å²) < 4.78 is 5.14. The van der Waals surface area contributed by atoms with Gasteiger partial charge in [0, 0.05) is 19.3 Å². The van der Waals surface area contributed by atoms with Crippen LogP contribution in [0.3, 0.4) is 0 Å². The lowest BCUT2D eigenvalue weighted by Gasteiger charge is -2.25. The van der Waals surface area contributed by atoms with Gasteiger partial charge >= 0.3 is 0 Å². The molecule has 3 nitrogen and oxygen atoms in total. The summed E-state index contributed by atoms with van der Waals surface area (Å²) in [6.07, 6.45) is 0.854. The summed E-state index contributed by atoms with van der Waals surface area (Å²) in [7, 11) is 1.70. The third-order valence-electron chi connectivity index (χ3n) is 3.61. The van der Waals surface area contributed by atoms with E-state index in [2.05, 4.69) is 11.4 Å². The van der Waals surface area contributed by atoms with E-state index >= 15 is 0 Å². The molecule has 0 saturated heterocycles. The number of rotatable bonds is 7. The molecule has 0 fully saturated rings. The Morgan fingerprint density at radius 2 is 1.71 bits per heavy atom. The van der Waals surface area contributed by atoms with Gasteiger partial charge < -0.3 is 15.2 Å². The molecule has 0 saturated carbocycles. The van der Waals surface area contributed by atoms with Gasteiger partial charge in [-0.3, -0.25) is 0 Å². The van der Waals surface area contributed by atoms with E-state index in [1.165, 1.54) is 5.56 Å². The number of ether oxygens (including phenoxy) is 1. The van der Waals surface area contributed by atoms with Gasteiger partial charge in [-0.15, -0.1) is 0 Å². The van der Waals surface area contributed by atoms with Crippen molar-refractivity contribution >= 4 is 5.69 Å². The molecule has 0 aromatic heterocycles. The molecular weight excluding hydrogens is 262 g/mol. The predicted octanol–water partition coefficient (Wildman–Crippen LogP) is 3.20. The molecule has 2 aromatic rings. The van der Waals surface area contributed by atoms with E-state index in [0.717, 1.165) is 17.7 Å². The van der Waals surface area contributed by atoms with Gasteiger partial charge in [-0.2, -0.15) is 0 Å². The second-order valence-electron chi connectivity index (χ2n) is 5.39. The molecule has 0 aliphatic rings. The van der Waals surface area contributed by atoms with Crippen molar-refractivity contribution in [2.45, 2.75) is 18.9 Å². The molecule has 1 atom stereocenters. The van der Waals surface area contributed by atoms with Crippen LogP contribution in [0, 0.1) is 0 Å². The molecule has 2 N–H and O–H groups in total. The highest BCUT2D eigenvalue weighted by Gasteiger charge is 2.22. The van der Waals surface area contributed by atoms with E-state index in [-0.39, 0.29) is 0 Å². The van der Waals surface area contributed by atoms with Gasteiger partial charge in [-0.05, 0) is 30.5 Å². The summed E-state index contributed by atoms with van der Waals surface area (Å²) in [5.74, 6) is 0. The van der Waals surface area contributed by atoms with Crippen molar-refractivity contribution in [1.29, 1.82) is 0 Å². The van der Waals surface area contributed by atoms with E-state index in [0.29, 0.717) is 13.2 Å². The molecule has 112 valence electrons. The third-order valence-corrected chi connectivity index (χ3v) is 3.61. The Morgan fingerprint density at radius 3 is 2.43 bits per heavy atom. The molecule has 1 unspecified atom stereocenters. The van der Waals surface area contributed by atoms with Crippen molar-refractivity contribution in [3.05, 3.63) is 65.7 Å². The van der Waals surface area contributed by atoms with Crippen LogP contribution in [0.2, 0.25) is 0 Å². The minimum atomic E-state index is -0.907. The fraction of sp³-hybridized carbons (Fsp3) is 0.333. The first-order valence-electron chi connectivity index (χ1n) is 7.22. The molecule has 3 heteroatoms. The zero-order valence-corrected chi connectivity index (χ0v) is 12.7. The summed E-state index contributed by atoms with van der Waals surface area (Å²) in [4.78, 5) is 0. The van der Waals surface area contributed by atoms with Crippen molar-refractivity contribution in [3.8, 4) is 0 Å². The van der Waals surface area contributed by atoms with E-state index in [4.69, 9.17) is 4.74 Å². The molecule has 0 amide bonds. The molecule has 0 bridgehead atoms. The maximum absolute atomic E-state index is 10.6. The van der Waals surface area contributed by atoms with Gasteiger partial charge in [0.1, 0.15) is 5.60 Å². The highest BCUT2D eigenvalue weighted by molar-refractivity contribution is 5.51. The number of benzene rings is 2. The van der Waals surface area contributed by atoms with E-state index in [9.17, 15) is 5.11 Å². The lowest BCUT2D eigenvalue weighted by atomic mass is 9.96. The molecule has 0 aliphatic carbocycles. The number of aliphatic hydroxyl groups is 1. The monoisotopic (exact) mass is 285 g/mol. The summed E-state index contributed by atoms with van der Waals surface area (Å²) in [6, 6.07) is 17.8. The Morgan fingerprint density at radius 1 is 1.05 bits per heavy atom. The fourth-order valence-corrected chi connectivity index (χ4v) is 2.29. The summed E-state index contributed by atoms with van der Waals surface area (Å²) >= 11 is 0. The number of methoxy groups -OCH3 is 1. The van der Waals surface area contributed by atoms with Crippen LogP contribution in [0.15, 0.2) is 54.6 Å². The number of hydrogen-bond acceptors (Lipinski definition) is 3. The first-order chi connectivity index (χ1) is 10.1. The first kappa shape index (κ1) is 15.5. The molecule has 2 aromatic carbocycles. The molecule has 21 heavy (non-hydrogen) atoms. The molecule has 0 spiro atoms. The third kappa shape index (κ3) is 4.31. The quantitative estimate of drug-likeness (QED) is 0.821. The molecule has 0 radical (unpaired) electrons. The van der Waals surface area contributed by atoms with Gasteiger partial charge in [0.25, 0.3) is 0 Å². The van der Waals surface area contributed by atoms with Gasteiger partial charge in [0.05, 0.1) is 6.61 Å². The van der Waals surface area contributed by atoms with Gasteiger partial charge in [-0.1, -0.05) is 48.5 Å². The Labute approximate surface area is 126 Å². The highest BCUT2D eigenvalue weighted by atomic mass is 16.5. The zero-order valence-electron chi connectivity index (χ0n) is 12.7. The van der Waals surface area contributed by atoms with Crippen LogP contribution >= 0.6 is 0 Å². The SMILES string of the molecule is COCCc1ccccc1NCC(C)(O)c1ccccc1. The smallest absolute Gasteiger partial charge is 0.104 e. The second-order valence-corrected chi connectivity index (χ2v) is 5.39. The van der Waals surface area contributed by atoms with E-state index in [1.807, 2.05) is 55.5 Å². The minimum absolute atomic E-state index is 0.459. The van der Waals surface area contributed by atoms with Gasteiger partial charge in [-0.25, -0.2) is 0 Å². The van der Waals surface area contributed by atoms with Crippen LogP contribution in [0.5, 0.6) is 0 Å². The molecule has 0 aliphatic heterocycles. The summed E-state index contributed by atoms with van der Waals surface area (Å²) in [6.45, 7) is 2.97. The van der Waals surface area contributed by atoms with Crippen molar-refractivity contribution in [2.75, 3.05) is 25.6 Å². The van der Waals surface area contributed by atoms with Crippen molar-refractivity contribution < 1.29 is 9.84 Å². The summed E-state index contributed by atoms with van der Waals surface area (Å²) in [5, 5.41) is 14.0. The fourth-order valence-electron chi connectivity index (χ4n) is 2.29. The Balaban J connectivity index is 2.06.